The molecule has 68 valence electrons. The van der Waals surface area contributed by atoms with E-state index in [0.717, 1.165) is 24.4 Å². The second-order valence-electron chi connectivity index (χ2n) is 2.78. The molecule has 0 amide bonds. The zero-order valence-corrected chi connectivity index (χ0v) is 7.23. The lowest BCUT2D eigenvalue weighted by Crippen LogP contribution is -2.01. The molecule has 1 aromatic heterocycles. The first-order valence-electron chi connectivity index (χ1n) is 4.08. The number of aromatic nitrogens is 2. The lowest BCUT2D eigenvalue weighted by Gasteiger charge is -1.91. The molecule has 4 heteroatoms. The Hall–Kier alpha value is -0.900. The fourth-order valence-electron chi connectivity index (χ4n) is 1.08. The first-order chi connectivity index (χ1) is 5.77. The maximum atomic E-state index is 12.2. The van der Waals surface area contributed by atoms with E-state index in [0.29, 0.717) is 12.2 Å². The van der Waals surface area contributed by atoms with Gasteiger partial charge in [0.25, 0.3) is 0 Å². The Bertz CT molecular complexity index is 244. The number of imidazole rings is 1. The zero-order chi connectivity index (χ0) is 8.97. The summed E-state index contributed by atoms with van der Waals surface area (Å²) in [5.41, 5.74) is 6.68. The highest BCUT2D eigenvalue weighted by Crippen LogP contribution is 2.07. The summed E-state index contributed by atoms with van der Waals surface area (Å²) in [6, 6.07) is 0. The third-order valence-corrected chi connectivity index (χ3v) is 1.78. The van der Waals surface area contributed by atoms with E-state index in [2.05, 4.69) is 9.97 Å². The minimum Gasteiger partial charge on any atom is -0.346 e. The number of halogens is 1. The van der Waals surface area contributed by atoms with Crippen LogP contribution < -0.4 is 5.73 Å². The van der Waals surface area contributed by atoms with Gasteiger partial charge in [0.05, 0.1) is 5.69 Å². The maximum Gasteiger partial charge on any atom is 0.133 e. The van der Waals surface area contributed by atoms with Gasteiger partial charge in [-0.25, -0.2) is 9.37 Å². The number of hydrogen-bond donors (Lipinski definition) is 2. The number of hydrogen-bond acceptors (Lipinski definition) is 2. The largest absolute Gasteiger partial charge is 0.346 e. The Morgan fingerprint density at radius 2 is 2.33 bits per heavy atom. The highest BCUT2D eigenvalue weighted by Gasteiger charge is 2.04. The first kappa shape index (κ1) is 9.19. The number of aromatic amines is 1. The molecule has 0 aliphatic carbocycles. The molecule has 1 rings (SSSR count). The van der Waals surface area contributed by atoms with Crippen molar-refractivity contribution in [1.82, 2.24) is 9.97 Å². The van der Waals surface area contributed by atoms with Gasteiger partial charge in [0, 0.05) is 12.1 Å². The van der Waals surface area contributed by atoms with E-state index in [1.165, 1.54) is 0 Å². The molecular formula is C8H14FN3. The van der Waals surface area contributed by atoms with Crippen LogP contribution in [0.1, 0.15) is 23.6 Å². The fourth-order valence-corrected chi connectivity index (χ4v) is 1.08. The standard InChI is InChI=1S/C8H14FN3/c1-6-7(5-9)12-8(11-6)3-2-4-10/h2-5,10H2,1H3,(H,11,12). The molecule has 1 heterocycles. The van der Waals surface area contributed by atoms with Crippen molar-refractivity contribution < 1.29 is 4.39 Å². The van der Waals surface area contributed by atoms with Gasteiger partial charge in [0.2, 0.25) is 0 Å². The van der Waals surface area contributed by atoms with Gasteiger partial charge in [-0.1, -0.05) is 0 Å². The number of alkyl halides is 1. The van der Waals surface area contributed by atoms with E-state index in [9.17, 15) is 4.39 Å². The molecule has 0 fully saturated rings. The van der Waals surface area contributed by atoms with E-state index in [1.807, 2.05) is 6.92 Å². The zero-order valence-electron chi connectivity index (χ0n) is 7.23. The topological polar surface area (TPSA) is 54.7 Å². The van der Waals surface area contributed by atoms with Gasteiger partial charge in [-0.15, -0.1) is 0 Å². The monoisotopic (exact) mass is 171 g/mol. The third-order valence-electron chi connectivity index (χ3n) is 1.78. The van der Waals surface area contributed by atoms with Crippen LogP contribution in [0.15, 0.2) is 0 Å². The molecular weight excluding hydrogens is 157 g/mol. The molecule has 0 saturated carbocycles. The predicted octanol–water partition coefficient (Wildman–Crippen LogP) is 1.08. The average molecular weight is 171 g/mol. The van der Waals surface area contributed by atoms with Crippen LogP contribution in [-0.4, -0.2) is 16.5 Å². The summed E-state index contributed by atoms with van der Waals surface area (Å²) in [6.07, 6.45) is 1.69. The minimum atomic E-state index is -0.495. The molecule has 0 aliphatic heterocycles. The fraction of sp³-hybridized carbons (Fsp3) is 0.625. The Balaban J connectivity index is 2.62. The van der Waals surface area contributed by atoms with Crippen LogP contribution in [0.2, 0.25) is 0 Å². The number of nitrogens with one attached hydrogen (secondary N) is 1. The van der Waals surface area contributed by atoms with Crippen molar-refractivity contribution in [3.63, 3.8) is 0 Å². The summed E-state index contributed by atoms with van der Waals surface area (Å²) in [7, 11) is 0. The smallest absolute Gasteiger partial charge is 0.133 e. The number of rotatable bonds is 4. The molecule has 0 aliphatic rings. The predicted molar refractivity (Wildman–Crippen MR) is 45.5 cm³/mol. The van der Waals surface area contributed by atoms with Crippen molar-refractivity contribution in [1.29, 1.82) is 0 Å². The summed E-state index contributed by atoms with van der Waals surface area (Å²) < 4.78 is 12.2. The van der Waals surface area contributed by atoms with Crippen molar-refractivity contribution in [2.75, 3.05) is 6.54 Å². The summed E-state index contributed by atoms with van der Waals surface area (Å²) in [5, 5.41) is 0. The first-order valence-corrected chi connectivity index (χ1v) is 4.08. The number of aryl methyl sites for hydroxylation is 2. The number of nitrogens with zero attached hydrogens (tertiary/aromatic N) is 1. The molecule has 0 atom stereocenters. The van der Waals surface area contributed by atoms with Crippen molar-refractivity contribution in [2.24, 2.45) is 5.73 Å². The van der Waals surface area contributed by atoms with Crippen LogP contribution >= 0.6 is 0 Å². The van der Waals surface area contributed by atoms with Crippen LogP contribution in [0.3, 0.4) is 0 Å². The van der Waals surface area contributed by atoms with E-state index in [1.54, 1.807) is 0 Å². The second-order valence-corrected chi connectivity index (χ2v) is 2.78. The molecule has 0 unspecified atom stereocenters. The van der Waals surface area contributed by atoms with Gasteiger partial charge >= 0.3 is 0 Å². The van der Waals surface area contributed by atoms with Crippen molar-refractivity contribution >= 4 is 0 Å². The van der Waals surface area contributed by atoms with Crippen LogP contribution in [0.25, 0.3) is 0 Å². The van der Waals surface area contributed by atoms with Crippen molar-refractivity contribution in [3.05, 3.63) is 17.2 Å². The van der Waals surface area contributed by atoms with Crippen LogP contribution in [0.4, 0.5) is 4.39 Å². The quantitative estimate of drug-likeness (QED) is 0.712. The molecule has 0 aromatic carbocycles. The van der Waals surface area contributed by atoms with Gasteiger partial charge in [0.15, 0.2) is 0 Å². The average Bonchev–Trinajstić information content (AvgIpc) is 2.43. The molecule has 3 N–H and O–H groups in total. The molecule has 3 nitrogen and oxygen atoms in total. The lowest BCUT2D eigenvalue weighted by molar-refractivity contribution is 0.475. The maximum absolute atomic E-state index is 12.2. The molecule has 0 bridgehead atoms. The van der Waals surface area contributed by atoms with Crippen molar-refractivity contribution in [2.45, 2.75) is 26.4 Å². The Kier molecular flexibility index (Phi) is 3.22. The Morgan fingerprint density at radius 1 is 1.58 bits per heavy atom. The molecule has 0 saturated heterocycles. The third kappa shape index (κ3) is 2.04. The summed E-state index contributed by atoms with van der Waals surface area (Å²) in [4.78, 5) is 7.10. The molecule has 1 aromatic rings. The van der Waals surface area contributed by atoms with E-state index in [-0.39, 0.29) is 0 Å². The Labute approximate surface area is 71.2 Å². The summed E-state index contributed by atoms with van der Waals surface area (Å²) in [6.45, 7) is 1.98. The van der Waals surface area contributed by atoms with E-state index < -0.39 is 6.67 Å². The lowest BCUT2D eigenvalue weighted by atomic mass is 10.3. The van der Waals surface area contributed by atoms with Crippen LogP contribution in [0, 0.1) is 6.92 Å². The Morgan fingerprint density at radius 3 is 2.83 bits per heavy atom. The van der Waals surface area contributed by atoms with Crippen molar-refractivity contribution in [3.8, 4) is 0 Å². The highest BCUT2D eigenvalue weighted by molar-refractivity contribution is 5.11. The number of nitrogens with two attached hydrogens (primary N) is 1. The second kappa shape index (κ2) is 4.21. The van der Waals surface area contributed by atoms with Crippen LogP contribution in [-0.2, 0) is 13.1 Å². The van der Waals surface area contributed by atoms with Crippen LogP contribution in [0.5, 0.6) is 0 Å². The highest BCUT2D eigenvalue weighted by atomic mass is 19.1. The van der Waals surface area contributed by atoms with E-state index in [4.69, 9.17) is 5.73 Å². The van der Waals surface area contributed by atoms with Gasteiger partial charge in [-0.2, -0.15) is 0 Å². The molecule has 0 spiro atoms. The van der Waals surface area contributed by atoms with E-state index >= 15 is 0 Å². The van der Waals surface area contributed by atoms with Gasteiger partial charge in [0.1, 0.15) is 12.5 Å². The molecule has 0 radical (unpaired) electrons. The minimum absolute atomic E-state index is 0.495. The SMILES string of the molecule is Cc1[nH]c(CCCN)nc1CF. The van der Waals surface area contributed by atoms with Gasteiger partial charge in [-0.05, 0) is 19.9 Å². The normalized spacial score (nSPS) is 10.6. The summed E-state index contributed by atoms with van der Waals surface area (Å²) >= 11 is 0. The van der Waals surface area contributed by atoms with Gasteiger partial charge in [-0.3, -0.25) is 0 Å². The molecule has 12 heavy (non-hydrogen) atoms. The summed E-state index contributed by atoms with van der Waals surface area (Å²) in [5.74, 6) is 0.839. The number of H-pyrrole nitrogens is 1. The van der Waals surface area contributed by atoms with Gasteiger partial charge < -0.3 is 10.7 Å².